The molecule has 0 spiro atoms. The Morgan fingerprint density at radius 1 is 1.38 bits per heavy atom. The van der Waals surface area contributed by atoms with Gasteiger partial charge in [-0.15, -0.1) is 0 Å². The van der Waals surface area contributed by atoms with E-state index in [0.29, 0.717) is 4.99 Å². The number of fused-ring (bicyclic) bond motifs is 1. The molecule has 3 N–H and O–H groups in total. The van der Waals surface area contributed by atoms with E-state index in [1.807, 2.05) is 24.3 Å². The van der Waals surface area contributed by atoms with Crippen LogP contribution in [0.3, 0.4) is 0 Å². The number of hydrogen-bond donors (Lipinski definition) is 2. The second-order valence-corrected chi connectivity index (χ2v) is 4.13. The van der Waals surface area contributed by atoms with Gasteiger partial charge in [-0.25, -0.2) is 0 Å². The maximum atomic E-state index is 5.50. The van der Waals surface area contributed by atoms with Crippen molar-refractivity contribution in [2.45, 2.75) is 0 Å². The Kier molecular flexibility index (Phi) is 2.09. The van der Waals surface area contributed by atoms with Crippen molar-refractivity contribution in [2.24, 2.45) is 5.73 Å². The molecule has 4 heteroatoms. The number of benzene rings is 1. The molecule has 0 aliphatic heterocycles. The minimum absolute atomic E-state index is 0.396. The molecule has 0 atom stereocenters. The lowest BCUT2D eigenvalue weighted by molar-refractivity contribution is 1.42. The Balaban J connectivity index is 2.68. The number of H-pyrrole nitrogens is 1. The number of nitrogens with two attached hydrogens (primary N) is 1. The molecule has 0 amide bonds. The van der Waals surface area contributed by atoms with Gasteiger partial charge >= 0.3 is 0 Å². The molecule has 1 heterocycles. The highest BCUT2D eigenvalue weighted by Gasteiger charge is 2.02. The molecule has 0 bridgehead atoms. The highest BCUT2D eigenvalue weighted by Crippen LogP contribution is 2.20. The molecule has 2 rings (SSSR count). The van der Waals surface area contributed by atoms with Gasteiger partial charge in [0.15, 0.2) is 0 Å². The summed E-state index contributed by atoms with van der Waals surface area (Å²) in [6, 6.07) is 7.93. The van der Waals surface area contributed by atoms with Gasteiger partial charge in [0.05, 0.1) is 5.69 Å². The van der Waals surface area contributed by atoms with Crippen LogP contribution in [0.2, 0.25) is 0 Å². The van der Waals surface area contributed by atoms with Crippen molar-refractivity contribution in [2.75, 3.05) is 0 Å². The number of rotatable bonds is 1. The van der Waals surface area contributed by atoms with Gasteiger partial charge in [0.25, 0.3) is 0 Å². The van der Waals surface area contributed by atoms with E-state index in [1.54, 1.807) is 0 Å². The molecular weight excluding hydrogens is 248 g/mol. The van der Waals surface area contributed by atoms with Crippen LogP contribution < -0.4 is 5.73 Å². The molecule has 2 aromatic rings. The van der Waals surface area contributed by atoms with Crippen molar-refractivity contribution >= 4 is 44.0 Å². The van der Waals surface area contributed by atoms with Crippen LogP contribution in [0.4, 0.5) is 0 Å². The van der Waals surface area contributed by atoms with Crippen molar-refractivity contribution < 1.29 is 0 Å². The summed E-state index contributed by atoms with van der Waals surface area (Å²) in [6.45, 7) is 0. The van der Waals surface area contributed by atoms with Gasteiger partial charge in [-0.2, -0.15) is 0 Å². The lowest BCUT2D eigenvalue weighted by atomic mass is 10.2. The van der Waals surface area contributed by atoms with Crippen molar-refractivity contribution in [3.05, 3.63) is 34.4 Å². The van der Waals surface area contributed by atoms with Gasteiger partial charge < -0.3 is 10.7 Å². The van der Waals surface area contributed by atoms with Crippen LogP contribution in [0, 0.1) is 0 Å². The van der Waals surface area contributed by atoms with Gasteiger partial charge in [0, 0.05) is 15.4 Å². The SMILES string of the molecule is NC(=S)c1cc2cc(Br)ccc2[nH]1. The van der Waals surface area contributed by atoms with E-state index in [2.05, 4.69) is 20.9 Å². The van der Waals surface area contributed by atoms with Crippen LogP contribution in [0.15, 0.2) is 28.7 Å². The van der Waals surface area contributed by atoms with Gasteiger partial charge in [-0.05, 0) is 24.3 Å². The van der Waals surface area contributed by atoms with Gasteiger partial charge in [-0.1, -0.05) is 28.1 Å². The van der Waals surface area contributed by atoms with Crippen LogP contribution in [0.1, 0.15) is 5.69 Å². The highest BCUT2D eigenvalue weighted by molar-refractivity contribution is 9.10. The Morgan fingerprint density at radius 2 is 2.15 bits per heavy atom. The van der Waals surface area contributed by atoms with E-state index in [1.165, 1.54) is 0 Å². The average Bonchev–Trinajstić information content (AvgIpc) is 2.46. The standard InChI is InChI=1S/C9H7BrN2S/c10-6-1-2-7-5(3-6)4-8(12-7)9(11)13/h1-4,12H,(H2,11,13). The molecule has 0 aliphatic rings. The van der Waals surface area contributed by atoms with Crippen LogP contribution in [0.25, 0.3) is 10.9 Å². The lowest BCUT2D eigenvalue weighted by Gasteiger charge is -1.89. The zero-order valence-corrected chi connectivity index (χ0v) is 9.08. The summed E-state index contributed by atoms with van der Waals surface area (Å²) in [5, 5.41) is 1.11. The number of aromatic nitrogens is 1. The van der Waals surface area contributed by atoms with Crippen molar-refractivity contribution in [3.63, 3.8) is 0 Å². The molecule has 0 unspecified atom stereocenters. The summed E-state index contributed by atoms with van der Waals surface area (Å²) in [4.78, 5) is 3.53. The predicted molar refractivity (Wildman–Crippen MR) is 61.9 cm³/mol. The van der Waals surface area contributed by atoms with E-state index in [0.717, 1.165) is 21.1 Å². The minimum Gasteiger partial charge on any atom is -0.388 e. The summed E-state index contributed by atoms with van der Waals surface area (Å²) in [5.41, 5.74) is 7.36. The van der Waals surface area contributed by atoms with Crippen molar-refractivity contribution in [3.8, 4) is 0 Å². The van der Waals surface area contributed by atoms with Crippen LogP contribution in [-0.4, -0.2) is 9.97 Å². The zero-order chi connectivity index (χ0) is 9.42. The Bertz CT molecular complexity index is 475. The average molecular weight is 255 g/mol. The summed E-state index contributed by atoms with van der Waals surface area (Å²) < 4.78 is 1.05. The van der Waals surface area contributed by atoms with Gasteiger partial charge in [0.2, 0.25) is 0 Å². The zero-order valence-electron chi connectivity index (χ0n) is 6.67. The van der Waals surface area contributed by atoms with Crippen molar-refractivity contribution in [1.29, 1.82) is 0 Å². The fraction of sp³-hybridized carbons (Fsp3) is 0. The van der Waals surface area contributed by atoms with Crippen LogP contribution in [0.5, 0.6) is 0 Å². The fourth-order valence-electron chi connectivity index (χ4n) is 1.24. The number of hydrogen-bond acceptors (Lipinski definition) is 1. The third kappa shape index (κ3) is 1.59. The van der Waals surface area contributed by atoms with Gasteiger partial charge in [0.1, 0.15) is 4.99 Å². The first-order valence-corrected chi connectivity index (χ1v) is 4.95. The molecular formula is C9H7BrN2S. The number of halogens is 1. The van der Waals surface area contributed by atoms with Crippen molar-refractivity contribution in [1.82, 2.24) is 4.98 Å². The first kappa shape index (κ1) is 8.72. The second-order valence-electron chi connectivity index (χ2n) is 2.78. The maximum Gasteiger partial charge on any atom is 0.120 e. The van der Waals surface area contributed by atoms with E-state index in [4.69, 9.17) is 18.0 Å². The molecule has 0 fully saturated rings. The molecule has 0 saturated heterocycles. The molecule has 0 saturated carbocycles. The largest absolute Gasteiger partial charge is 0.388 e. The summed E-state index contributed by atoms with van der Waals surface area (Å²) in [6.07, 6.45) is 0. The first-order chi connectivity index (χ1) is 6.16. The number of nitrogens with one attached hydrogen (secondary N) is 1. The molecule has 0 radical (unpaired) electrons. The van der Waals surface area contributed by atoms with Gasteiger partial charge in [-0.3, -0.25) is 0 Å². The molecule has 1 aromatic carbocycles. The number of thiocarbonyl (C=S) groups is 1. The van der Waals surface area contributed by atoms with E-state index >= 15 is 0 Å². The van der Waals surface area contributed by atoms with E-state index in [9.17, 15) is 0 Å². The minimum atomic E-state index is 0.396. The predicted octanol–water partition coefficient (Wildman–Crippen LogP) is 2.56. The molecule has 2 nitrogen and oxygen atoms in total. The third-order valence-corrected chi connectivity index (χ3v) is 2.56. The molecule has 0 aliphatic carbocycles. The Hall–Kier alpha value is -0.870. The Labute approximate surface area is 89.3 Å². The summed E-state index contributed by atoms with van der Waals surface area (Å²) in [5.74, 6) is 0. The van der Waals surface area contributed by atoms with E-state index < -0.39 is 0 Å². The quantitative estimate of drug-likeness (QED) is 0.769. The highest BCUT2D eigenvalue weighted by atomic mass is 79.9. The monoisotopic (exact) mass is 254 g/mol. The topological polar surface area (TPSA) is 41.8 Å². The molecule has 13 heavy (non-hydrogen) atoms. The fourth-order valence-corrected chi connectivity index (χ4v) is 1.72. The third-order valence-electron chi connectivity index (χ3n) is 1.85. The Morgan fingerprint density at radius 3 is 2.85 bits per heavy atom. The molecule has 1 aromatic heterocycles. The first-order valence-electron chi connectivity index (χ1n) is 3.75. The molecule has 66 valence electrons. The second kappa shape index (κ2) is 3.12. The van der Waals surface area contributed by atoms with E-state index in [-0.39, 0.29) is 0 Å². The smallest absolute Gasteiger partial charge is 0.120 e. The summed E-state index contributed by atoms with van der Waals surface area (Å²) in [7, 11) is 0. The maximum absolute atomic E-state index is 5.50. The number of aromatic amines is 1. The van der Waals surface area contributed by atoms with Crippen LogP contribution in [-0.2, 0) is 0 Å². The lowest BCUT2D eigenvalue weighted by Crippen LogP contribution is -2.09. The van der Waals surface area contributed by atoms with Crippen LogP contribution >= 0.6 is 28.1 Å². The normalized spacial score (nSPS) is 10.5. The summed E-state index contributed by atoms with van der Waals surface area (Å²) >= 11 is 8.27.